The van der Waals surface area contributed by atoms with Gasteiger partial charge >= 0.3 is 0 Å². The molecule has 0 amide bonds. The van der Waals surface area contributed by atoms with Crippen molar-refractivity contribution in [3.05, 3.63) is 71.4 Å². The zero-order chi connectivity index (χ0) is 14.8. The van der Waals surface area contributed by atoms with Crippen molar-refractivity contribution in [3.63, 3.8) is 0 Å². The predicted octanol–water partition coefficient (Wildman–Crippen LogP) is 3.78. The molecule has 0 bridgehead atoms. The van der Waals surface area contributed by atoms with E-state index in [2.05, 4.69) is 4.98 Å². The number of hydrogen-bond donors (Lipinski definition) is 0. The molecule has 0 spiro atoms. The Morgan fingerprint density at radius 3 is 2.48 bits per heavy atom. The van der Waals surface area contributed by atoms with Crippen LogP contribution in [0.4, 0.5) is 0 Å². The SMILES string of the molecule is COc1cc(C)nc2ccc(C(=O)c3ccccc3)cc12. The normalized spacial score (nSPS) is 10.6. The molecule has 3 nitrogen and oxygen atoms in total. The van der Waals surface area contributed by atoms with Gasteiger partial charge in [-0.1, -0.05) is 30.3 Å². The summed E-state index contributed by atoms with van der Waals surface area (Å²) in [4.78, 5) is 17.0. The second-order valence-corrected chi connectivity index (χ2v) is 4.89. The van der Waals surface area contributed by atoms with E-state index in [0.717, 1.165) is 22.3 Å². The van der Waals surface area contributed by atoms with Crippen LogP contribution in [0.3, 0.4) is 0 Å². The fourth-order valence-corrected chi connectivity index (χ4v) is 2.39. The molecule has 0 aliphatic heterocycles. The predicted molar refractivity (Wildman–Crippen MR) is 82.9 cm³/mol. The van der Waals surface area contributed by atoms with E-state index >= 15 is 0 Å². The molecule has 0 atom stereocenters. The molecule has 0 aliphatic rings. The van der Waals surface area contributed by atoms with Crippen LogP contribution < -0.4 is 4.74 Å². The maximum absolute atomic E-state index is 12.5. The third-order valence-electron chi connectivity index (χ3n) is 3.42. The highest BCUT2D eigenvalue weighted by Gasteiger charge is 2.11. The van der Waals surface area contributed by atoms with Crippen molar-refractivity contribution in [2.75, 3.05) is 7.11 Å². The van der Waals surface area contributed by atoms with Crippen LogP contribution in [-0.4, -0.2) is 17.9 Å². The summed E-state index contributed by atoms with van der Waals surface area (Å²) in [5, 5.41) is 0.852. The lowest BCUT2D eigenvalue weighted by Gasteiger charge is -2.08. The van der Waals surface area contributed by atoms with Crippen molar-refractivity contribution in [2.45, 2.75) is 6.92 Å². The molecule has 0 unspecified atom stereocenters. The van der Waals surface area contributed by atoms with Gasteiger partial charge in [0.15, 0.2) is 5.78 Å². The number of carbonyl (C=O) groups excluding carboxylic acids is 1. The number of nitrogens with zero attached hydrogens (tertiary/aromatic N) is 1. The van der Waals surface area contributed by atoms with Crippen LogP contribution in [0.2, 0.25) is 0 Å². The van der Waals surface area contributed by atoms with Gasteiger partial charge in [-0.05, 0) is 25.1 Å². The number of fused-ring (bicyclic) bond motifs is 1. The molecule has 0 aliphatic carbocycles. The highest BCUT2D eigenvalue weighted by molar-refractivity contribution is 6.10. The minimum absolute atomic E-state index is 0.000119. The van der Waals surface area contributed by atoms with E-state index < -0.39 is 0 Å². The molecular weight excluding hydrogens is 262 g/mol. The van der Waals surface area contributed by atoms with E-state index in [-0.39, 0.29) is 5.78 Å². The monoisotopic (exact) mass is 277 g/mol. The molecule has 1 heterocycles. The van der Waals surface area contributed by atoms with Crippen molar-refractivity contribution in [2.24, 2.45) is 0 Å². The van der Waals surface area contributed by atoms with Crippen molar-refractivity contribution in [3.8, 4) is 5.75 Å². The van der Waals surface area contributed by atoms with Gasteiger partial charge in [0.2, 0.25) is 0 Å². The Bertz CT molecular complexity index is 810. The second kappa shape index (κ2) is 5.37. The minimum atomic E-state index is 0.000119. The molecule has 3 heteroatoms. The third kappa shape index (κ3) is 2.50. The lowest BCUT2D eigenvalue weighted by molar-refractivity contribution is 0.103. The molecule has 1 aromatic heterocycles. The van der Waals surface area contributed by atoms with E-state index in [0.29, 0.717) is 11.1 Å². The number of aromatic nitrogens is 1. The molecule has 0 N–H and O–H groups in total. The molecule has 104 valence electrons. The van der Waals surface area contributed by atoms with Crippen molar-refractivity contribution >= 4 is 16.7 Å². The van der Waals surface area contributed by atoms with Gasteiger partial charge in [0.05, 0.1) is 12.6 Å². The summed E-state index contributed by atoms with van der Waals surface area (Å²) < 4.78 is 5.40. The van der Waals surface area contributed by atoms with Crippen LogP contribution in [0.5, 0.6) is 5.75 Å². The maximum Gasteiger partial charge on any atom is 0.193 e. The number of methoxy groups -OCH3 is 1. The van der Waals surface area contributed by atoms with Gasteiger partial charge in [0.25, 0.3) is 0 Å². The van der Waals surface area contributed by atoms with Crippen molar-refractivity contribution in [1.29, 1.82) is 0 Å². The highest BCUT2D eigenvalue weighted by atomic mass is 16.5. The first-order valence-corrected chi connectivity index (χ1v) is 6.74. The summed E-state index contributed by atoms with van der Waals surface area (Å²) in [6.45, 7) is 1.92. The van der Waals surface area contributed by atoms with E-state index in [1.165, 1.54) is 0 Å². The Morgan fingerprint density at radius 1 is 1.00 bits per heavy atom. The Labute approximate surface area is 123 Å². The summed E-state index contributed by atoms with van der Waals surface area (Å²) in [7, 11) is 1.62. The van der Waals surface area contributed by atoms with E-state index in [1.54, 1.807) is 7.11 Å². The Balaban J connectivity index is 2.13. The summed E-state index contributed by atoms with van der Waals surface area (Å²) in [5.41, 5.74) is 3.03. The number of rotatable bonds is 3. The van der Waals surface area contributed by atoms with Crippen LogP contribution in [0.1, 0.15) is 21.6 Å². The average molecular weight is 277 g/mol. The fourth-order valence-electron chi connectivity index (χ4n) is 2.39. The Kier molecular flexibility index (Phi) is 3.40. The lowest BCUT2D eigenvalue weighted by atomic mass is 10.0. The average Bonchev–Trinajstić information content (AvgIpc) is 2.53. The van der Waals surface area contributed by atoms with Gasteiger partial charge in [-0.2, -0.15) is 0 Å². The molecule has 3 aromatic rings. The molecular formula is C18H15NO2. The Morgan fingerprint density at radius 2 is 1.76 bits per heavy atom. The number of aryl methyl sites for hydroxylation is 1. The maximum atomic E-state index is 12.5. The molecule has 0 radical (unpaired) electrons. The van der Waals surface area contributed by atoms with Crippen molar-refractivity contribution in [1.82, 2.24) is 4.98 Å². The molecule has 0 saturated heterocycles. The highest BCUT2D eigenvalue weighted by Crippen LogP contribution is 2.27. The second-order valence-electron chi connectivity index (χ2n) is 4.89. The largest absolute Gasteiger partial charge is 0.496 e. The zero-order valence-electron chi connectivity index (χ0n) is 12.0. The zero-order valence-corrected chi connectivity index (χ0v) is 12.0. The van der Waals surface area contributed by atoms with Gasteiger partial charge < -0.3 is 4.74 Å². The molecule has 0 fully saturated rings. The first kappa shape index (κ1) is 13.3. The lowest BCUT2D eigenvalue weighted by Crippen LogP contribution is -2.01. The number of hydrogen-bond acceptors (Lipinski definition) is 3. The third-order valence-corrected chi connectivity index (χ3v) is 3.42. The summed E-state index contributed by atoms with van der Waals surface area (Å²) >= 11 is 0. The van der Waals surface area contributed by atoms with Crippen LogP contribution in [0.15, 0.2) is 54.6 Å². The quantitative estimate of drug-likeness (QED) is 0.684. The van der Waals surface area contributed by atoms with Crippen LogP contribution in [0.25, 0.3) is 10.9 Å². The summed E-state index contributed by atoms with van der Waals surface area (Å²) in [6.07, 6.45) is 0. The minimum Gasteiger partial charge on any atom is -0.496 e. The number of benzene rings is 2. The topological polar surface area (TPSA) is 39.2 Å². The van der Waals surface area contributed by atoms with Gasteiger partial charge in [0, 0.05) is 28.3 Å². The molecule has 3 rings (SSSR count). The van der Waals surface area contributed by atoms with Crippen LogP contribution in [-0.2, 0) is 0 Å². The van der Waals surface area contributed by atoms with Gasteiger partial charge in [0.1, 0.15) is 5.75 Å². The van der Waals surface area contributed by atoms with Crippen molar-refractivity contribution < 1.29 is 9.53 Å². The van der Waals surface area contributed by atoms with Gasteiger partial charge in [-0.15, -0.1) is 0 Å². The fraction of sp³-hybridized carbons (Fsp3) is 0.111. The smallest absolute Gasteiger partial charge is 0.193 e. The first-order valence-electron chi connectivity index (χ1n) is 6.74. The first-order chi connectivity index (χ1) is 10.2. The van der Waals surface area contributed by atoms with Crippen LogP contribution >= 0.6 is 0 Å². The van der Waals surface area contributed by atoms with Gasteiger partial charge in [-0.25, -0.2) is 0 Å². The summed E-state index contributed by atoms with van der Waals surface area (Å²) in [5.74, 6) is 0.736. The number of pyridine rings is 1. The standard InChI is InChI=1S/C18H15NO2/c1-12-10-17(21-2)15-11-14(8-9-16(15)19-12)18(20)13-6-4-3-5-7-13/h3-11H,1-2H3. The van der Waals surface area contributed by atoms with E-state index in [1.807, 2.05) is 61.5 Å². The Hall–Kier alpha value is -2.68. The van der Waals surface area contributed by atoms with E-state index in [9.17, 15) is 4.79 Å². The van der Waals surface area contributed by atoms with Crippen LogP contribution in [0, 0.1) is 6.92 Å². The van der Waals surface area contributed by atoms with Gasteiger partial charge in [-0.3, -0.25) is 9.78 Å². The number of ketones is 1. The van der Waals surface area contributed by atoms with E-state index in [4.69, 9.17) is 4.74 Å². The molecule has 21 heavy (non-hydrogen) atoms. The number of carbonyl (C=O) groups is 1. The molecule has 2 aromatic carbocycles. The summed E-state index contributed by atoms with van der Waals surface area (Å²) in [6, 6.07) is 16.6. The number of ether oxygens (including phenoxy) is 1. The molecule has 0 saturated carbocycles.